The number of halogens is 3. The maximum atomic E-state index is 13.0. The molecule has 0 N–H and O–H groups in total. The summed E-state index contributed by atoms with van der Waals surface area (Å²) in [5.41, 5.74) is 0.472. The Kier molecular flexibility index (Phi) is 4.31. The van der Waals surface area contributed by atoms with Gasteiger partial charge >= 0.3 is 0 Å². The van der Waals surface area contributed by atoms with E-state index in [1.165, 1.54) is 6.07 Å². The van der Waals surface area contributed by atoms with E-state index in [4.69, 9.17) is 0 Å². The van der Waals surface area contributed by atoms with Crippen LogP contribution in [0.25, 0.3) is 0 Å². The van der Waals surface area contributed by atoms with Gasteiger partial charge in [-0.3, -0.25) is 4.79 Å². The molecule has 0 saturated carbocycles. The maximum Gasteiger partial charge on any atom is 0.164 e. The highest BCUT2D eigenvalue weighted by atomic mass is 127. The predicted molar refractivity (Wildman–Crippen MR) is 61.9 cm³/mol. The van der Waals surface area contributed by atoms with Crippen LogP contribution in [0.3, 0.4) is 0 Å². The van der Waals surface area contributed by atoms with Gasteiger partial charge in [-0.2, -0.15) is 0 Å². The molecule has 1 rings (SSSR count). The number of carbonyl (C=O) groups is 1. The quantitative estimate of drug-likeness (QED) is 0.461. The molecule has 0 spiro atoms. The van der Waals surface area contributed by atoms with Gasteiger partial charge in [-0.1, -0.05) is 28.1 Å². The molecule has 0 aliphatic rings. The number of benzene rings is 1. The van der Waals surface area contributed by atoms with Crippen molar-refractivity contribution in [2.75, 3.05) is 5.33 Å². The highest BCUT2D eigenvalue weighted by Gasteiger charge is 2.11. The Hall–Kier alpha value is 0.0300. The molecule has 0 heterocycles. The third kappa shape index (κ3) is 2.74. The fourth-order valence-corrected chi connectivity index (χ4v) is 1.96. The molecule has 0 radical (unpaired) electrons. The minimum atomic E-state index is -0.332. The molecule has 0 fully saturated rings. The van der Waals surface area contributed by atoms with Gasteiger partial charge in [-0.05, 0) is 28.7 Å². The molecular formula is C9H7BrFIO. The van der Waals surface area contributed by atoms with Crippen molar-refractivity contribution < 1.29 is 9.18 Å². The summed E-state index contributed by atoms with van der Waals surface area (Å²) < 4.78 is 13.4. The first-order chi connectivity index (χ1) is 6.16. The minimum Gasteiger partial charge on any atom is -0.294 e. The lowest BCUT2D eigenvalue weighted by atomic mass is 10.1. The first-order valence-electron chi connectivity index (χ1n) is 3.70. The predicted octanol–water partition coefficient (Wildman–Crippen LogP) is 3.40. The summed E-state index contributed by atoms with van der Waals surface area (Å²) in [6, 6.07) is 4.56. The highest BCUT2D eigenvalue weighted by molar-refractivity contribution is 14.1. The van der Waals surface area contributed by atoms with Crippen molar-refractivity contribution in [3.63, 3.8) is 0 Å². The van der Waals surface area contributed by atoms with Gasteiger partial charge < -0.3 is 0 Å². The summed E-state index contributed by atoms with van der Waals surface area (Å²) >= 11 is 5.02. The number of alkyl halides is 1. The van der Waals surface area contributed by atoms with Crippen molar-refractivity contribution in [1.29, 1.82) is 0 Å². The fraction of sp³-hybridized carbons (Fsp3) is 0.222. The van der Waals surface area contributed by atoms with Crippen molar-refractivity contribution in [2.45, 2.75) is 6.42 Å². The van der Waals surface area contributed by atoms with Crippen LogP contribution in [0.1, 0.15) is 16.8 Å². The van der Waals surface area contributed by atoms with Crippen LogP contribution in [0.4, 0.5) is 4.39 Å². The molecule has 0 unspecified atom stereocenters. The van der Waals surface area contributed by atoms with E-state index in [1.54, 1.807) is 12.1 Å². The van der Waals surface area contributed by atoms with E-state index >= 15 is 0 Å². The van der Waals surface area contributed by atoms with Crippen molar-refractivity contribution in [2.24, 2.45) is 0 Å². The highest BCUT2D eigenvalue weighted by Crippen LogP contribution is 2.17. The van der Waals surface area contributed by atoms with Crippen LogP contribution in [0.15, 0.2) is 18.2 Å². The van der Waals surface area contributed by atoms with Crippen LogP contribution in [-0.4, -0.2) is 11.1 Å². The van der Waals surface area contributed by atoms with Crippen LogP contribution in [0.5, 0.6) is 0 Å². The molecule has 1 aromatic rings. The van der Waals surface area contributed by atoms with Crippen LogP contribution in [0, 0.1) is 9.39 Å². The number of carbonyl (C=O) groups excluding carboxylic acids is 1. The van der Waals surface area contributed by atoms with Crippen molar-refractivity contribution in [1.82, 2.24) is 0 Å². The zero-order valence-electron chi connectivity index (χ0n) is 6.69. The van der Waals surface area contributed by atoms with Crippen molar-refractivity contribution in [3.05, 3.63) is 33.1 Å². The molecule has 0 aliphatic carbocycles. The fourth-order valence-electron chi connectivity index (χ4n) is 0.940. The maximum absolute atomic E-state index is 13.0. The van der Waals surface area contributed by atoms with Gasteiger partial charge in [0.05, 0.1) is 3.57 Å². The Balaban J connectivity index is 3.01. The Bertz CT molecular complexity index is 327. The standard InChI is InChI=1S/C9H7BrFIO/c10-5-4-8(13)6-2-1-3-7(11)9(6)12/h1-3H,4-5H2. The summed E-state index contributed by atoms with van der Waals surface area (Å²) in [7, 11) is 0. The van der Waals surface area contributed by atoms with E-state index in [9.17, 15) is 9.18 Å². The zero-order valence-corrected chi connectivity index (χ0v) is 10.4. The smallest absolute Gasteiger partial charge is 0.164 e. The van der Waals surface area contributed by atoms with Gasteiger partial charge in [-0.15, -0.1) is 0 Å². The number of hydrogen-bond donors (Lipinski definition) is 0. The van der Waals surface area contributed by atoms with Gasteiger partial charge in [0.2, 0.25) is 0 Å². The second-order valence-corrected chi connectivity index (χ2v) is 4.34. The molecule has 1 nitrogen and oxygen atoms in total. The Labute approximate surface area is 98.0 Å². The first kappa shape index (κ1) is 11.1. The van der Waals surface area contributed by atoms with E-state index < -0.39 is 0 Å². The molecule has 1 aromatic carbocycles. The topological polar surface area (TPSA) is 17.1 Å². The van der Waals surface area contributed by atoms with Crippen LogP contribution in [-0.2, 0) is 0 Å². The average Bonchev–Trinajstić information content (AvgIpc) is 2.10. The van der Waals surface area contributed by atoms with E-state index in [0.717, 1.165) is 0 Å². The lowest BCUT2D eigenvalue weighted by Gasteiger charge is -2.02. The van der Waals surface area contributed by atoms with Crippen LogP contribution in [0.2, 0.25) is 0 Å². The van der Waals surface area contributed by atoms with Gasteiger partial charge in [-0.25, -0.2) is 4.39 Å². The molecule has 0 aromatic heterocycles. The second-order valence-electron chi connectivity index (χ2n) is 2.46. The van der Waals surface area contributed by atoms with Gasteiger partial charge in [0, 0.05) is 17.3 Å². The number of ketones is 1. The van der Waals surface area contributed by atoms with Gasteiger partial charge in [0.25, 0.3) is 0 Å². The van der Waals surface area contributed by atoms with E-state index in [1.807, 2.05) is 22.6 Å². The molecule has 0 amide bonds. The molecule has 0 saturated heterocycles. The second kappa shape index (κ2) is 5.05. The summed E-state index contributed by atoms with van der Waals surface area (Å²) in [6.07, 6.45) is 0.402. The first-order valence-corrected chi connectivity index (χ1v) is 5.90. The summed E-state index contributed by atoms with van der Waals surface area (Å²) in [4.78, 5) is 11.4. The Morgan fingerprint density at radius 1 is 1.54 bits per heavy atom. The minimum absolute atomic E-state index is 0.0271. The largest absolute Gasteiger partial charge is 0.294 e. The van der Waals surface area contributed by atoms with Gasteiger partial charge in [0.1, 0.15) is 5.82 Å². The van der Waals surface area contributed by atoms with Gasteiger partial charge in [0.15, 0.2) is 5.78 Å². The van der Waals surface area contributed by atoms with Crippen molar-refractivity contribution >= 4 is 44.3 Å². The summed E-state index contributed by atoms with van der Waals surface area (Å²) in [5.74, 6) is -0.359. The lowest BCUT2D eigenvalue weighted by Crippen LogP contribution is -2.03. The molecule has 0 atom stereocenters. The Morgan fingerprint density at radius 2 is 2.23 bits per heavy atom. The zero-order chi connectivity index (χ0) is 9.84. The van der Waals surface area contributed by atoms with E-state index in [2.05, 4.69) is 15.9 Å². The molecule has 4 heteroatoms. The number of Topliss-reactive ketones (excluding diaryl/α,β-unsaturated/α-hetero) is 1. The number of rotatable bonds is 3. The monoisotopic (exact) mass is 356 g/mol. The normalized spacial score (nSPS) is 10.1. The third-order valence-corrected chi connectivity index (χ3v) is 3.07. The molecule has 0 bridgehead atoms. The SMILES string of the molecule is O=C(CCBr)c1cccc(F)c1I. The van der Waals surface area contributed by atoms with E-state index in [0.29, 0.717) is 20.9 Å². The summed E-state index contributed by atoms with van der Waals surface area (Å²) in [6.45, 7) is 0. The molecule has 70 valence electrons. The van der Waals surface area contributed by atoms with Crippen LogP contribution < -0.4 is 0 Å². The third-order valence-electron chi connectivity index (χ3n) is 1.57. The molecular weight excluding hydrogens is 350 g/mol. The van der Waals surface area contributed by atoms with Crippen molar-refractivity contribution in [3.8, 4) is 0 Å². The van der Waals surface area contributed by atoms with E-state index in [-0.39, 0.29) is 11.6 Å². The summed E-state index contributed by atoms with van der Waals surface area (Å²) in [5, 5.41) is 0.610. The average molecular weight is 357 g/mol. The van der Waals surface area contributed by atoms with Crippen LogP contribution >= 0.6 is 38.5 Å². The molecule has 0 aliphatic heterocycles. The Morgan fingerprint density at radius 3 is 2.85 bits per heavy atom. The molecule has 13 heavy (non-hydrogen) atoms. The lowest BCUT2D eigenvalue weighted by molar-refractivity contribution is 0.0988. The number of hydrogen-bond acceptors (Lipinski definition) is 1.